The van der Waals surface area contributed by atoms with Crippen LogP contribution in [0.15, 0.2) is 18.2 Å². The first kappa shape index (κ1) is 13.8. The Hall–Kier alpha value is -1.62. The van der Waals surface area contributed by atoms with E-state index in [0.29, 0.717) is 12.1 Å². The monoisotopic (exact) mass is 267 g/mol. The second-order valence-electron chi connectivity index (χ2n) is 4.58. The summed E-state index contributed by atoms with van der Waals surface area (Å²) < 4.78 is 23.5. The maximum absolute atomic E-state index is 13.5. The lowest BCUT2D eigenvalue weighted by molar-refractivity contribution is 0.00298. The summed E-state index contributed by atoms with van der Waals surface area (Å²) in [6, 6.07) is 4.69. The van der Waals surface area contributed by atoms with Crippen molar-refractivity contribution in [2.75, 3.05) is 19.0 Å². The molecule has 0 unspecified atom stereocenters. The second-order valence-corrected chi connectivity index (χ2v) is 4.58. The smallest absolute Gasteiger partial charge is 0.340 e. The first-order valence-corrected chi connectivity index (χ1v) is 6.40. The van der Waals surface area contributed by atoms with Gasteiger partial charge >= 0.3 is 5.97 Å². The highest BCUT2D eigenvalue weighted by molar-refractivity contribution is 5.90. The van der Waals surface area contributed by atoms with Gasteiger partial charge in [-0.05, 0) is 38.0 Å². The highest BCUT2D eigenvalue weighted by atomic mass is 19.1. The molecule has 0 saturated heterocycles. The number of hydrogen-bond donors (Lipinski definition) is 1. The minimum Gasteiger partial charge on any atom is -0.465 e. The Morgan fingerprint density at radius 2 is 2.21 bits per heavy atom. The third-order valence-corrected chi connectivity index (χ3v) is 3.24. The van der Waals surface area contributed by atoms with E-state index in [1.54, 1.807) is 6.07 Å². The van der Waals surface area contributed by atoms with Crippen LogP contribution in [0.25, 0.3) is 0 Å². The summed E-state index contributed by atoms with van der Waals surface area (Å²) in [4.78, 5) is 11.4. The summed E-state index contributed by atoms with van der Waals surface area (Å²) in [6.45, 7) is 2.70. The van der Waals surface area contributed by atoms with Crippen LogP contribution < -0.4 is 5.32 Å². The number of carbonyl (C=O) groups is 1. The molecule has 0 atom stereocenters. The molecule has 1 N–H and O–H groups in total. The van der Waals surface area contributed by atoms with Crippen LogP contribution in [-0.2, 0) is 9.47 Å². The number of ether oxygens (including phenoxy) is 2. The molecule has 0 spiro atoms. The van der Waals surface area contributed by atoms with E-state index < -0.39 is 11.8 Å². The fourth-order valence-electron chi connectivity index (χ4n) is 2.17. The van der Waals surface area contributed by atoms with Crippen LogP contribution in [0.3, 0.4) is 0 Å². The molecular formula is C14H18FNO3. The van der Waals surface area contributed by atoms with Crippen LogP contribution >= 0.6 is 0 Å². The number of benzene rings is 1. The Balaban J connectivity index is 1.97. The number of halogens is 1. The summed E-state index contributed by atoms with van der Waals surface area (Å²) in [5.41, 5.74) is 0.676. The molecule has 0 bridgehead atoms. The number of carbonyl (C=O) groups excluding carboxylic acids is 1. The Morgan fingerprint density at radius 3 is 2.84 bits per heavy atom. The average Bonchev–Trinajstić information content (AvgIpc) is 2.37. The number of hydrogen-bond acceptors (Lipinski definition) is 4. The zero-order valence-corrected chi connectivity index (χ0v) is 11.1. The molecular weight excluding hydrogens is 249 g/mol. The van der Waals surface area contributed by atoms with E-state index in [2.05, 4.69) is 10.1 Å². The zero-order chi connectivity index (χ0) is 13.8. The van der Waals surface area contributed by atoms with Gasteiger partial charge in [-0.2, -0.15) is 0 Å². The van der Waals surface area contributed by atoms with Crippen LogP contribution in [0.2, 0.25) is 0 Å². The lowest BCUT2D eigenvalue weighted by atomic mass is 9.89. The van der Waals surface area contributed by atoms with Gasteiger partial charge in [0, 0.05) is 18.3 Å². The molecule has 19 heavy (non-hydrogen) atoms. The fraction of sp³-hybridized carbons (Fsp3) is 0.500. The molecule has 2 rings (SSSR count). The highest BCUT2D eigenvalue weighted by Gasteiger charge is 2.29. The quantitative estimate of drug-likeness (QED) is 0.833. The molecule has 104 valence electrons. The molecule has 1 saturated carbocycles. The van der Waals surface area contributed by atoms with Gasteiger partial charge in [-0.3, -0.25) is 0 Å². The van der Waals surface area contributed by atoms with Crippen molar-refractivity contribution in [3.05, 3.63) is 29.6 Å². The van der Waals surface area contributed by atoms with Crippen LogP contribution in [0, 0.1) is 5.82 Å². The van der Waals surface area contributed by atoms with E-state index in [-0.39, 0.29) is 5.56 Å². The first-order chi connectivity index (χ1) is 9.13. The van der Waals surface area contributed by atoms with Gasteiger partial charge < -0.3 is 14.8 Å². The summed E-state index contributed by atoms with van der Waals surface area (Å²) >= 11 is 0. The van der Waals surface area contributed by atoms with Gasteiger partial charge in [-0.1, -0.05) is 0 Å². The van der Waals surface area contributed by atoms with Crippen molar-refractivity contribution >= 4 is 11.7 Å². The molecule has 5 heteroatoms. The van der Waals surface area contributed by atoms with Crippen molar-refractivity contribution in [1.29, 1.82) is 0 Å². The summed E-state index contributed by atoms with van der Waals surface area (Å²) in [5.74, 6) is -1.24. The van der Waals surface area contributed by atoms with Gasteiger partial charge in [-0.15, -0.1) is 0 Å². The predicted molar refractivity (Wildman–Crippen MR) is 69.8 cm³/mol. The van der Waals surface area contributed by atoms with E-state index in [9.17, 15) is 9.18 Å². The van der Waals surface area contributed by atoms with Crippen molar-refractivity contribution in [2.45, 2.75) is 31.9 Å². The van der Waals surface area contributed by atoms with E-state index in [1.165, 1.54) is 19.2 Å². The minimum absolute atomic E-state index is 0.0480. The van der Waals surface area contributed by atoms with Gasteiger partial charge in [-0.25, -0.2) is 9.18 Å². The molecule has 1 aromatic rings. The Morgan fingerprint density at radius 1 is 1.47 bits per heavy atom. The normalized spacial score (nSPS) is 21.6. The molecule has 0 aliphatic heterocycles. The molecule has 0 radical (unpaired) electrons. The predicted octanol–water partition coefficient (Wildman–Crippen LogP) is 2.59. The van der Waals surface area contributed by atoms with Gasteiger partial charge in [0.25, 0.3) is 0 Å². The van der Waals surface area contributed by atoms with Gasteiger partial charge in [0.05, 0.1) is 18.8 Å². The van der Waals surface area contributed by atoms with Crippen LogP contribution in [0.1, 0.15) is 30.1 Å². The lowest BCUT2D eigenvalue weighted by Crippen LogP contribution is -2.40. The van der Waals surface area contributed by atoms with Gasteiger partial charge in [0.2, 0.25) is 0 Å². The summed E-state index contributed by atoms with van der Waals surface area (Å²) in [6.07, 6.45) is 2.17. The van der Waals surface area contributed by atoms with Crippen molar-refractivity contribution in [3.8, 4) is 0 Å². The number of rotatable bonds is 5. The Bertz CT molecular complexity index is 458. The third kappa shape index (κ3) is 3.23. The second kappa shape index (κ2) is 6.02. The SMILES string of the molecule is CCOC1CC(Nc2ccc(F)c(C(=O)OC)c2)C1. The molecule has 1 aliphatic rings. The minimum atomic E-state index is -0.665. The number of esters is 1. The maximum Gasteiger partial charge on any atom is 0.340 e. The summed E-state index contributed by atoms with van der Waals surface area (Å²) in [5, 5.41) is 3.26. The standard InChI is InChI=1S/C14H18FNO3/c1-3-19-11-6-10(7-11)16-9-4-5-13(15)12(8-9)14(17)18-2/h4-5,8,10-11,16H,3,6-7H2,1-2H3. The van der Waals surface area contributed by atoms with Crippen molar-refractivity contribution < 1.29 is 18.7 Å². The van der Waals surface area contributed by atoms with Crippen LogP contribution in [0.5, 0.6) is 0 Å². The molecule has 1 fully saturated rings. The van der Waals surface area contributed by atoms with E-state index in [0.717, 1.165) is 25.1 Å². The molecule has 1 aromatic carbocycles. The van der Waals surface area contributed by atoms with Crippen molar-refractivity contribution in [3.63, 3.8) is 0 Å². The highest BCUT2D eigenvalue weighted by Crippen LogP contribution is 2.27. The Labute approximate surface area is 111 Å². The van der Waals surface area contributed by atoms with Crippen molar-refractivity contribution in [2.24, 2.45) is 0 Å². The average molecular weight is 267 g/mol. The molecule has 1 aliphatic carbocycles. The van der Waals surface area contributed by atoms with E-state index >= 15 is 0 Å². The fourth-order valence-corrected chi connectivity index (χ4v) is 2.17. The van der Waals surface area contributed by atoms with E-state index in [1.807, 2.05) is 6.92 Å². The van der Waals surface area contributed by atoms with Crippen LogP contribution in [0.4, 0.5) is 10.1 Å². The maximum atomic E-state index is 13.5. The number of nitrogens with one attached hydrogen (secondary N) is 1. The number of anilines is 1. The Kier molecular flexibility index (Phi) is 4.37. The first-order valence-electron chi connectivity index (χ1n) is 6.40. The molecule has 0 heterocycles. The van der Waals surface area contributed by atoms with Gasteiger partial charge in [0.15, 0.2) is 0 Å². The largest absolute Gasteiger partial charge is 0.465 e. The third-order valence-electron chi connectivity index (χ3n) is 3.24. The molecule has 0 aromatic heterocycles. The molecule has 4 nitrogen and oxygen atoms in total. The molecule has 0 amide bonds. The zero-order valence-electron chi connectivity index (χ0n) is 11.1. The summed E-state index contributed by atoms with van der Waals surface area (Å²) in [7, 11) is 1.24. The number of methoxy groups -OCH3 is 1. The van der Waals surface area contributed by atoms with Crippen molar-refractivity contribution in [1.82, 2.24) is 0 Å². The van der Waals surface area contributed by atoms with E-state index in [4.69, 9.17) is 4.74 Å². The van der Waals surface area contributed by atoms with Crippen LogP contribution in [-0.4, -0.2) is 31.8 Å². The van der Waals surface area contributed by atoms with Gasteiger partial charge in [0.1, 0.15) is 5.82 Å². The topological polar surface area (TPSA) is 47.6 Å². The lowest BCUT2D eigenvalue weighted by Gasteiger charge is -2.36.